The molecule has 0 saturated heterocycles. The van der Waals surface area contributed by atoms with Crippen LogP contribution in [-0.4, -0.2) is 16.0 Å². The van der Waals surface area contributed by atoms with Crippen LogP contribution in [0.1, 0.15) is 16.1 Å². The van der Waals surface area contributed by atoms with Crippen LogP contribution >= 0.6 is 22.6 Å². The van der Waals surface area contributed by atoms with Gasteiger partial charge < -0.3 is 10.4 Å². The summed E-state index contributed by atoms with van der Waals surface area (Å²) in [5, 5.41) is 12.3. The Balaban J connectivity index is 2.05. The first-order valence-corrected chi connectivity index (χ1v) is 6.52. The number of amides is 1. The Morgan fingerprint density at radius 3 is 2.68 bits per heavy atom. The number of rotatable bonds is 3. The number of carbonyl (C=O) groups is 1. The average Bonchev–Trinajstić information content (AvgIpc) is 2.41. The highest BCUT2D eigenvalue weighted by molar-refractivity contribution is 14.1. The highest BCUT2D eigenvalue weighted by Gasteiger charge is 2.14. The van der Waals surface area contributed by atoms with Gasteiger partial charge in [0.15, 0.2) is 11.4 Å². The highest BCUT2D eigenvalue weighted by atomic mass is 127. The summed E-state index contributed by atoms with van der Waals surface area (Å²) in [6.07, 6.45) is 1.45. The lowest BCUT2D eigenvalue weighted by Gasteiger charge is -2.07. The molecule has 1 heterocycles. The van der Waals surface area contributed by atoms with Gasteiger partial charge in [-0.15, -0.1) is 0 Å². The first-order valence-electron chi connectivity index (χ1n) is 5.44. The molecule has 1 amide bonds. The molecule has 0 aliphatic carbocycles. The maximum Gasteiger partial charge on any atom is 0.274 e. The Morgan fingerprint density at radius 1 is 1.32 bits per heavy atom. The van der Waals surface area contributed by atoms with Gasteiger partial charge in [0.1, 0.15) is 5.82 Å². The van der Waals surface area contributed by atoms with E-state index in [0.717, 1.165) is 5.56 Å². The fraction of sp³-hybridized carbons (Fsp3) is 0.0769. The van der Waals surface area contributed by atoms with Gasteiger partial charge in [0.25, 0.3) is 5.91 Å². The zero-order valence-corrected chi connectivity index (χ0v) is 11.9. The molecule has 1 aromatic carbocycles. The van der Waals surface area contributed by atoms with Crippen LogP contribution in [-0.2, 0) is 6.54 Å². The predicted octanol–water partition coefficient (Wildman–Crippen LogP) is 2.46. The summed E-state index contributed by atoms with van der Waals surface area (Å²) in [6.45, 7) is 0.242. The van der Waals surface area contributed by atoms with Crippen molar-refractivity contribution in [2.75, 3.05) is 0 Å². The molecule has 0 aliphatic heterocycles. The van der Waals surface area contributed by atoms with E-state index in [0.29, 0.717) is 3.57 Å². The third kappa shape index (κ3) is 3.40. The molecule has 2 rings (SSSR count). The van der Waals surface area contributed by atoms with E-state index in [1.807, 2.05) is 22.6 Å². The van der Waals surface area contributed by atoms with Gasteiger partial charge in [0, 0.05) is 12.7 Å². The maximum atomic E-state index is 12.7. The summed E-state index contributed by atoms with van der Waals surface area (Å²) in [4.78, 5) is 15.7. The summed E-state index contributed by atoms with van der Waals surface area (Å²) in [6, 6.07) is 7.41. The zero-order valence-electron chi connectivity index (χ0n) is 9.73. The predicted molar refractivity (Wildman–Crippen MR) is 76.2 cm³/mol. The van der Waals surface area contributed by atoms with Gasteiger partial charge in [-0.25, -0.2) is 9.37 Å². The molecular weight excluding hydrogens is 362 g/mol. The average molecular weight is 372 g/mol. The van der Waals surface area contributed by atoms with Crippen LogP contribution in [0.3, 0.4) is 0 Å². The van der Waals surface area contributed by atoms with Crippen molar-refractivity contribution in [1.82, 2.24) is 10.3 Å². The minimum absolute atomic E-state index is 0.0194. The quantitative estimate of drug-likeness (QED) is 0.814. The Morgan fingerprint density at radius 2 is 2.00 bits per heavy atom. The van der Waals surface area contributed by atoms with E-state index in [2.05, 4.69) is 10.3 Å². The van der Waals surface area contributed by atoms with Crippen molar-refractivity contribution in [2.45, 2.75) is 6.54 Å². The second-order valence-corrected chi connectivity index (χ2v) is 4.96. The summed E-state index contributed by atoms with van der Waals surface area (Å²) in [5.41, 5.74) is 0.744. The third-order valence-electron chi connectivity index (χ3n) is 2.46. The smallest absolute Gasteiger partial charge is 0.274 e. The monoisotopic (exact) mass is 372 g/mol. The normalized spacial score (nSPS) is 10.2. The van der Waals surface area contributed by atoms with Crippen LogP contribution in [0.25, 0.3) is 0 Å². The van der Waals surface area contributed by atoms with Crippen LogP contribution in [0.15, 0.2) is 36.5 Å². The van der Waals surface area contributed by atoms with Crippen LogP contribution < -0.4 is 5.32 Å². The summed E-state index contributed by atoms with van der Waals surface area (Å²) >= 11 is 1.92. The lowest BCUT2D eigenvalue weighted by Crippen LogP contribution is -2.24. The number of aromatic hydroxyl groups is 1. The first kappa shape index (κ1) is 13.7. The van der Waals surface area contributed by atoms with Gasteiger partial charge in [-0.2, -0.15) is 0 Å². The van der Waals surface area contributed by atoms with Gasteiger partial charge in [-0.1, -0.05) is 12.1 Å². The van der Waals surface area contributed by atoms with Crippen molar-refractivity contribution >= 4 is 28.5 Å². The van der Waals surface area contributed by atoms with Crippen molar-refractivity contribution < 1.29 is 14.3 Å². The fourth-order valence-corrected chi connectivity index (χ4v) is 1.88. The molecule has 2 aromatic rings. The molecule has 0 unspecified atom stereocenters. The van der Waals surface area contributed by atoms with Crippen LogP contribution in [0, 0.1) is 9.39 Å². The SMILES string of the molecule is O=C(NCc1ccc(F)cc1)c1nccc(I)c1O. The fourth-order valence-electron chi connectivity index (χ4n) is 1.46. The van der Waals surface area contributed by atoms with Gasteiger partial charge in [-0.3, -0.25) is 4.79 Å². The number of nitrogens with one attached hydrogen (secondary N) is 1. The molecule has 0 atom stereocenters. The molecule has 1 aromatic heterocycles. The Labute approximate surface area is 122 Å². The van der Waals surface area contributed by atoms with Gasteiger partial charge in [0.05, 0.1) is 3.57 Å². The Bertz CT molecular complexity index is 602. The van der Waals surface area contributed by atoms with E-state index >= 15 is 0 Å². The number of benzene rings is 1. The van der Waals surface area contributed by atoms with E-state index in [-0.39, 0.29) is 23.8 Å². The van der Waals surface area contributed by atoms with E-state index in [1.165, 1.54) is 18.3 Å². The standard InChI is InChI=1S/C13H10FIN2O2/c14-9-3-1-8(2-4-9)7-17-13(19)11-12(18)10(15)5-6-16-11/h1-6,18H,7H2,(H,17,19). The van der Waals surface area contributed by atoms with Gasteiger partial charge >= 0.3 is 0 Å². The molecule has 6 heteroatoms. The minimum Gasteiger partial charge on any atom is -0.504 e. The lowest BCUT2D eigenvalue weighted by atomic mass is 10.2. The number of hydrogen-bond donors (Lipinski definition) is 2. The molecule has 0 saturated carbocycles. The number of nitrogens with zero attached hydrogens (tertiary/aromatic N) is 1. The largest absolute Gasteiger partial charge is 0.504 e. The van der Waals surface area contributed by atoms with Crippen LogP contribution in [0.2, 0.25) is 0 Å². The minimum atomic E-state index is -0.472. The number of aromatic nitrogens is 1. The number of hydrogen-bond acceptors (Lipinski definition) is 3. The van der Waals surface area contributed by atoms with Crippen molar-refractivity contribution in [2.24, 2.45) is 0 Å². The third-order valence-corrected chi connectivity index (χ3v) is 3.33. The summed E-state index contributed by atoms with van der Waals surface area (Å²) in [5.74, 6) is -0.938. The molecule has 0 spiro atoms. The molecule has 0 fully saturated rings. The van der Waals surface area contributed by atoms with E-state index in [9.17, 15) is 14.3 Å². The Kier molecular flexibility index (Phi) is 4.31. The van der Waals surface area contributed by atoms with Crippen LogP contribution in [0.4, 0.5) is 4.39 Å². The molecule has 0 radical (unpaired) electrons. The second-order valence-electron chi connectivity index (χ2n) is 3.80. The second kappa shape index (κ2) is 5.96. The van der Waals surface area contributed by atoms with Crippen molar-refractivity contribution in [3.8, 4) is 5.75 Å². The van der Waals surface area contributed by atoms with E-state index in [4.69, 9.17) is 0 Å². The van der Waals surface area contributed by atoms with E-state index < -0.39 is 5.91 Å². The number of pyridine rings is 1. The Hall–Kier alpha value is -1.70. The van der Waals surface area contributed by atoms with Crippen molar-refractivity contribution in [3.05, 3.63) is 57.2 Å². The molecule has 98 valence electrons. The van der Waals surface area contributed by atoms with Gasteiger partial charge in [0.2, 0.25) is 0 Å². The summed E-state index contributed by atoms with van der Waals surface area (Å²) < 4.78 is 13.3. The molecule has 4 nitrogen and oxygen atoms in total. The molecule has 19 heavy (non-hydrogen) atoms. The zero-order chi connectivity index (χ0) is 13.8. The highest BCUT2D eigenvalue weighted by Crippen LogP contribution is 2.21. The first-order chi connectivity index (χ1) is 9.08. The lowest BCUT2D eigenvalue weighted by molar-refractivity contribution is 0.0943. The molecular formula is C13H10FIN2O2. The molecule has 0 aliphatic rings. The number of carbonyl (C=O) groups excluding carboxylic acids is 1. The number of halogens is 2. The van der Waals surface area contributed by atoms with Crippen LogP contribution in [0.5, 0.6) is 5.75 Å². The molecule has 0 bridgehead atoms. The summed E-state index contributed by atoms with van der Waals surface area (Å²) in [7, 11) is 0. The maximum absolute atomic E-state index is 12.7. The van der Waals surface area contributed by atoms with Gasteiger partial charge in [-0.05, 0) is 46.4 Å². The van der Waals surface area contributed by atoms with Crippen molar-refractivity contribution in [1.29, 1.82) is 0 Å². The van der Waals surface area contributed by atoms with E-state index in [1.54, 1.807) is 18.2 Å². The molecule has 2 N–H and O–H groups in total. The topological polar surface area (TPSA) is 62.2 Å². The van der Waals surface area contributed by atoms with Crippen molar-refractivity contribution in [3.63, 3.8) is 0 Å².